The standard InChI is InChI=1S/C15H29NO5/c1-13(2,3)20-11(18)10(15(7,8)9-17)16-12(19)21-14(4,5)6/h10,17H,9H2,1-8H3,(H,16,19)/t10-/m0/s1. The number of alkyl carbamates (subject to hydrolysis) is 1. The quantitative estimate of drug-likeness (QED) is 0.778. The molecule has 0 rings (SSSR count). The minimum absolute atomic E-state index is 0.285. The maximum absolute atomic E-state index is 12.3. The molecule has 0 aromatic heterocycles. The van der Waals surface area contributed by atoms with E-state index in [9.17, 15) is 14.7 Å². The van der Waals surface area contributed by atoms with Crippen LogP contribution in [-0.2, 0) is 14.3 Å². The number of aliphatic hydroxyl groups excluding tert-OH is 1. The van der Waals surface area contributed by atoms with E-state index in [4.69, 9.17) is 9.47 Å². The van der Waals surface area contributed by atoms with Crippen molar-refractivity contribution in [3.05, 3.63) is 0 Å². The summed E-state index contributed by atoms with van der Waals surface area (Å²) >= 11 is 0. The molecular formula is C15H29NO5. The highest BCUT2D eigenvalue weighted by molar-refractivity contribution is 5.82. The van der Waals surface area contributed by atoms with Crippen molar-refractivity contribution >= 4 is 12.1 Å². The molecule has 0 bridgehead atoms. The molecule has 0 aromatic carbocycles. The summed E-state index contributed by atoms with van der Waals surface area (Å²) in [7, 11) is 0. The van der Waals surface area contributed by atoms with Gasteiger partial charge in [0.25, 0.3) is 0 Å². The predicted molar refractivity (Wildman–Crippen MR) is 79.9 cm³/mol. The molecule has 0 aliphatic carbocycles. The average molecular weight is 303 g/mol. The van der Waals surface area contributed by atoms with Crippen LogP contribution in [0.25, 0.3) is 0 Å². The summed E-state index contributed by atoms with van der Waals surface area (Å²) in [6.45, 7) is 13.4. The van der Waals surface area contributed by atoms with Gasteiger partial charge in [-0.15, -0.1) is 0 Å². The molecule has 21 heavy (non-hydrogen) atoms. The second-order valence-corrected chi connectivity index (χ2v) is 7.76. The Labute approximate surface area is 127 Å². The molecule has 124 valence electrons. The number of carbonyl (C=O) groups excluding carboxylic acids is 2. The van der Waals surface area contributed by atoms with Gasteiger partial charge >= 0.3 is 12.1 Å². The van der Waals surface area contributed by atoms with E-state index in [0.29, 0.717) is 0 Å². The summed E-state index contributed by atoms with van der Waals surface area (Å²) in [5.74, 6) is -0.604. The van der Waals surface area contributed by atoms with Crippen molar-refractivity contribution in [1.29, 1.82) is 0 Å². The van der Waals surface area contributed by atoms with Crippen LogP contribution in [0.5, 0.6) is 0 Å². The monoisotopic (exact) mass is 303 g/mol. The van der Waals surface area contributed by atoms with Gasteiger partial charge in [0.2, 0.25) is 0 Å². The van der Waals surface area contributed by atoms with Crippen molar-refractivity contribution in [3.63, 3.8) is 0 Å². The number of rotatable bonds is 4. The van der Waals surface area contributed by atoms with E-state index in [1.807, 2.05) is 0 Å². The zero-order chi connectivity index (χ0) is 17.1. The third kappa shape index (κ3) is 7.90. The first-order valence-electron chi connectivity index (χ1n) is 7.01. The zero-order valence-corrected chi connectivity index (χ0v) is 14.4. The highest BCUT2D eigenvalue weighted by Crippen LogP contribution is 2.23. The van der Waals surface area contributed by atoms with Gasteiger partial charge in [0.1, 0.15) is 17.2 Å². The fraction of sp³-hybridized carbons (Fsp3) is 0.867. The molecule has 1 atom stereocenters. The second-order valence-electron chi connectivity index (χ2n) is 7.76. The molecule has 6 heteroatoms. The minimum atomic E-state index is -1.00. The number of hydrogen-bond acceptors (Lipinski definition) is 5. The van der Waals surface area contributed by atoms with E-state index < -0.39 is 34.7 Å². The van der Waals surface area contributed by atoms with Gasteiger partial charge < -0.3 is 19.9 Å². The van der Waals surface area contributed by atoms with Gasteiger partial charge in [0.05, 0.1) is 6.61 Å². The summed E-state index contributed by atoms with van der Waals surface area (Å²) in [5.41, 5.74) is -2.23. The number of nitrogens with one attached hydrogen (secondary N) is 1. The lowest BCUT2D eigenvalue weighted by Gasteiger charge is -2.34. The molecule has 6 nitrogen and oxygen atoms in total. The molecular weight excluding hydrogens is 274 g/mol. The van der Waals surface area contributed by atoms with Crippen LogP contribution in [-0.4, -0.2) is 41.0 Å². The average Bonchev–Trinajstić information content (AvgIpc) is 2.20. The molecule has 0 saturated heterocycles. The van der Waals surface area contributed by atoms with Gasteiger partial charge in [-0.25, -0.2) is 9.59 Å². The largest absolute Gasteiger partial charge is 0.458 e. The Morgan fingerprint density at radius 1 is 0.952 bits per heavy atom. The van der Waals surface area contributed by atoms with Gasteiger partial charge in [0, 0.05) is 5.41 Å². The summed E-state index contributed by atoms with van der Waals surface area (Å²) in [5, 5.41) is 11.9. The lowest BCUT2D eigenvalue weighted by Crippen LogP contribution is -2.54. The molecule has 0 aliphatic rings. The first-order valence-corrected chi connectivity index (χ1v) is 7.01. The number of carbonyl (C=O) groups is 2. The van der Waals surface area contributed by atoms with E-state index in [0.717, 1.165) is 0 Å². The van der Waals surface area contributed by atoms with Crippen molar-refractivity contribution in [2.45, 2.75) is 72.6 Å². The van der Waals surface area contributed by atoms with Gasteiger partial charge in [-0.1, -0.05) is 13.8 Å². The van der Waals surface area contributed by atoms with Crippen molar-refractivity contribution in [3.8, 4) is 0 Å². The molecule has 2 N–H and O–H groups in total. The Bertz CT molecular complexity index is 377. The Kier molecular flexibility index (Phi) is 6.23. The SMILES string of the molecule is CC(C)(C)OC(=O)N[C@@H](C(=O)OC(C)(C)C)C(C)(C)CO. The van der Waals surface area contributed by atoms with Crippen LogP contribution in [0.4, 0.5) is 4.79 Å². The number of amides is 1. The maximum atomic E-state index is 12.3. The first-order chi connectivity index (χ1) is 9.18. The third-order valence-corrected chi connectivity index (χ3v) is 2.49. The predicted octanol–water partition coefficient (Wildman–Crippen LogP) is 2.24. The topological polar surface area (TPSA) is 84.9 Å². The molecule has 0 unspecified atom stereocenters. The molecule has 0 radical (unpaired) electrons. The molecule has 0 aromatic rings. The summed E-state index contributed by atoms with van der Waals surface area (Å²) < 4.78 is 10.4. The number of hydrogen-bond donors (Lipinski definition) is 2. The highest BCUT2D eigenvalue weighted by Gasteiger charge is 2.39. The normalized spacial score (nSPS) is 14.3. The summed E-state index contributed by atoms with van der Waals surface area (Å²) in [6, 6.07) is -1.00. The Hall–Kier alpha value is -1.30. The third-order valence-electron chi connectivity index (χ3n) is 2.49. The van der Waals surface area contributed by atoms with E-state index in [2.05, 4.69) is 5.32 Å². The number of aliphatic hydroxyl groups is 1. The fourth-order valence-electron chi connectivity index (χ4n) is 1.45. The van der Waals surface area contributed by atoms with Crippen LogP contribution in [0.2, 0.25) is 0 Å². The van der Waals surface area contributed by atoms with Crippen LogP contribution >= 0.6 is 0 Å². The number of ether oxygens (including phenoxy) is 2. The van der Waals surface area contributed by atoms with Gasteiger partial charge in [-0.05, 0) is 41.5 Å². The smallest absolute Gasteiger partial charge is 0.408 e. The van der Waals surface area contributed by atoms with Crippen LogP contribution in [0.3, 0.4) is 0 Å². The zero-order valence-electron chi connectivity index (χ0n) is 14.4. The Morgan fingerprint density at radius 3 is 1.71 bits per heavy atom. The van der Waals surface area contributed by atoms with Crippen LogP contribution in [0, 0.1) is 5.41 Å². The fourth-order valence-corrected chi connectivity index (χ4v) is 1.45. The van der Waals surface area contributed by atoms with E-state index in [1.165, 1.54) is 0 Å². The lowest BCUT2D eigenvalue weighted by molar-refractivity contribution is -0.161. The van der Waals surface area contributed by atoms with Crippen molar-refractivity contribution in [1.82, 2.24) is 5.32 Å². The molecule has 0 spiro atoms. The Morgan fingerprint density at radius 2 is 1.38 bits per heavy atom. The first kappa shape index (κ1) is 19.7. The number of esters is 1. The highest BCUT2D eigenvalue weighted by atomic mass is 16.6. The van der Waals surface area contributed by atoms with Crippen molar-refractivity contribution in [2.24, 2.45) is 5.41 Å². The van der Waals surface area contributed by atoms with Crippen LogP contribution < -0.4 is 5.32 Å². The molecule has 0 aliphatic heterocycles. The van der Waals surface area contributed by atoms with Gasteiger partial charge in [-0.3, -0.25) is 0 Å². The second kappa shape index (κ2) is 6.64. The molecule has 0 saturated carbocycles. The van der Waals surface area contributed by atoms with Crippen molar-refractivity contribution in [2.75, 3.05) is 6.61 Å². The van der Waals surface area contributed by atoms with Gasteiger partial charge in [-0.2, -0.15) is 0 Å². The molecule has 1 amide bonds. The minimum Gasteiger partial charge on any atom is -0.458 e. The molecule has 0 fully saturated rings. The summed E-state index contributed by atoms with van der Waals surface area (Å²) in [4.78, 5) is 24.1. The maximum Gasteiger partial charge on any atom is 0.408 e. The van der Waals surface area contributed by atoms with Crippen LogP contribution in [0.15, 0.2) is 0 Å². The van der Waals surface area contributed by atoms with E-state index in [-0.39, 0.29) is 6.61 Å². The van der Waals surface area contributed by atoms with Crippen molar-refractivity contribution < 1.29 is 24.2 Å². The van der Waals surface area contributed by atoms with E-state index in [1.54, 1.807) is 55.4 Å². The summed E-state index contributed by atoms with van der Waals surface area (Å²) in [6.07, 6.45) is -0.722. The lowest BCUT2D eigenvalue weighted by atomic mass is 9.85. The van der Waals surface area contributed by atoms with Gasteiger partial charge in [0.15, 0.2) is 0 Å². The van der Waals surface area contributed by atoms with Crippen LogP contribution in [0.1, 0.15) is 55.4 Å². The molecule has 0 heterocycles. The van der Waals surface area contributed by atoms with E-state index >= 15 is 0 Å². The Balaban J connectivity index is 5.10.